The topological polar surface area (TPSA) is 41.9 Å². The van der Waals surface area contributed by atoms with E-state index in [0.717, 1.165) is 23.5 Å². The van der Waals surface area contributed by atoms with E-state index in [4.69, 9.17) is 11.6 Å². The van der Waals surface area contributed by atoms with Crippen molar-refractivity contribution in [1.29, 1.82) is 0 Å². The maximum Gasteiger partial charge on any atom is 0.159 e. The molecule has 110 valence electrons. The minimum atomic E-state index is 0.378. The molecule has 2 aromatic heterocycles. The molecule has 22 heavy (non-hydrogen) atoms. The van der Waals surface area contributed by atoms with E-state index < -0.39 is 0 Å². The van der Waals surface area contributed by atoms with Gasteiger partial charge in [0.15, 0.2) is 11.0 Å². The van der Waals surface area contributed by atoms with Crippen LogP contribution in [0.2, 0.25) is 5.15 Å². The number of aromatic nitrogens is 3. The Bertz CT molecular complexity index is 747. The third kappa shape index (κ3) is 3.23. The van der Waals surface area contributed by atoms with Crippen LogP contribution < -0.4 is 4.90 Å². The Morgan fingerprint density at radius 3 is 2.45 bits per heavy atom. The van der Waals surface area contributed by atoms with Crippen molar-refractivity contribution in [2.75, 3.05) is 11.9 Å². The predicted octanol–water partition coefficient (Wildman–Crippen LogP) is 3.83. The molecule has 0 bridgehead atoms. The van der Waals surface area contributed by atoms with Crippen LogP contribution in [0, 0.1) is 0 Å². The number of hydrogen-bond donors (Lipinski definition) is 0. The molecule has 3 rings (SSSR count). The number of anilines is 1. The quantitative estimate of drug-likeness (QED) is 0.734. The fourth-order valence-electron chi connectivity index (χ4n) is 2.32. The Morgan fingerprint density at radius 2 is 1.73 bits per heavy atom. The highest BCUT2D eigenvalue weighted by atomic mass is 35.5. The molecule has 0 saturated heterocycles. The average molecular weight is 311 g/mol. The normalized spacial score (nSPS) is 10.5. The molecule has 0 radical (unpaired) electrons. The van der Waals surface area contributed by atoms with E-state index in [1.54, 1.807) is 12.4 Å². The SMILES string of the molecule is CN(Cc1ccccc1)c1nnc(Cl)cc1-c1ccncc1. The summed E-state index contributed by atoms with van der Waals surface area (Å²) in [6, 6.07) is 16.0. The van der Waals surface area contributed by atoms with Crippen molar-refractivity contribution in [3.05, 3.63) is 71.6 Å². The van der Waals surface area contributed by atoms with Crippen LogP contribution in [0.4, 0.5) is 5.82 Å². The van der Waals surface area contributed by atoms with Gasteiger partial charge < -0.3 is 4.90 Å². The molecule has 0 amide bonds. The summed E-state index contributed by atoms with van der Waals surface area (Å²) in [6.07, 6.45) is 3.51. The van der Waals surface area contributed by atoms with Crippen LogP contribution in [0.15, 0.2) is 60.9 Å². The molecule has 0 aliphatic carbocycles. The molecule has 2 heterocycles. The zero-order chi connectivity index (χ0) is 15.4. The van der Waals surface area contributed by atoms with Crippen molar-refractivity contribution in [2.24, 2.45) is 0 Å². The van der Waals surface area contributed by atoms with E-state index >= 15 is 0 Å². The Morgan fingerprint density at radius 1 is 1.00 bits per heavy atom. The highest BCUT2D eigenvalue weighted by molar-refractivity contribution is 6.29. The first-order valence-corrected chi connectivity index (χ1v) is 7.30. The molecule has 1 aromatic carbocycles. The summed E-state index contributed by atoms with van der Waals surface area (Å²) < 4.78 is 0. The minimum absolute atomic E-state index is 0.378. The molecule has 0 spiro atoms. The second-order valence-corrected chi connectivity index (χ2v) is 5.37. The maximum atomic E-state index is 6.02. The molecule has 0 N–H and O–H groups in total. The highest BCUT2D eigenvalue weighted by Gasteiger charge is 2.13. The van der Waals surface area contributed by atoms with Gasteiger partial charge in [-0.3, -0.25) is 4.98 Å². The van der Waals surface area contributed by atoms with Crippen LogP contribution in [-0.2, 0) is 6.54 Å². The number of nitrogens with zero attached hydrogens (tertiary/aromatic N) is 4. The summed E-state index contributed by atoms with van der Waals surface area (Å²) >= 11 is 6.02. The lowest BCUT2D eigenvalue weighted by Gasteiger charge is -2.20. The van der Waals surface area contributed by atoms with Crippen molar-refractivity contribution < 1.29 is 0 Å². The number of rotatable bonds is 4. The van der Waals surface area contributed by atoms with Gasteiger partial charge in [-0.05, 0) is 29.3 Å². The number of hydrogen-bond acceptors (Lipinski definition) is 4. The van der Waals surface area contributed by atoms with Gasteiger partial charge in [0.2, 0.25) is 0 Å². The van der Waals surface area contributed by atoms with Crippen LogP contribution in [0.25, 0.3) is 11.1 Å². The van der Waals surface area contributed by atoms with Crippen LogP contribution in [0.5, 0.6) is 0 Å². The van der Waals surface area contributed by atoms with Gasteiger partial charge in [-0.1, -0.05) is 41.9 Å². The van der Waals surface area contributed by atoms with E-state index in [0.29, 0.717) is 5.15 Å². The summed E-state index contributed by atoms with van der Waals surface area (Å²) in [5.74, 6) is 0.791. The smallest absolute Gasteiger partial charge is 0.159 e. The average Bonchev–Trinajstić information content (AvgIpc) is 2.56. The van der Waals surface area contributed by atoms with E-state index in [-0.39, 0.29) is 0 Å². The first-order chi connectivity index (χ1) is 10.7. The second kappa shape index (κ2) is 6.54. The first-order valence-electron chi connectivity index (χ1n) is 6.93. The Kier molecular flexibility index (Phi) is 4.30. The van der Waals surface area contributed by atoms with Gasteiger partial charge in [0.05, 0.1) is 0 Å². The molecule has 4 nitrogen and oxygen atoms in total. The van der Waals surface area contributed by atoms with Crippen molar-refractivity contribution in [1.82, 2.24) is 15.2 Å². The summed E-state index contributed by atoms with van der Waals surface area (Å²) in [6.45, 7) is 0.745. The Hall–Kier alpha value is -2.46. The van der Waals surface area contributed by atoms with E-state index in [2.05, 4.69) is 32.2 Å². The zero-order valence-electron chi connectivity index (χ0n) is 12.1. The number of benzene rings is 1. The third-order valence-corrected chi connectivity index (χ3v) is 3.54. The van der Waals surface area contributed by atoms with Gasteiger partial charge in [-0.2, -0.15) is 0 Å². The maximum absolute atomic E-state index is 6.02. The van der Waals surface area contributed by atoms with Crippen LogP contribution in [0.3, 0.4) is 0 Å². The predicted molar refractivity (Wildman–Crippen MR) is 88.8 cm³/mol. The number of halogens is 1. The lowest BCUT2D eigenvalue weighted by atomic mass is 10.1. The molecular formula is C17H15ClN4. The molecule has 0 atom stereocenters. The first kappa shape index (κ1) is 14.5. The molecule has 0 aliphatic heterocycles. The minimum Gasteiger partial charge on any atom is -0.353 e. The van der Waals surface area contributed by atoms with Crippen molar-refractivity contribution in [3.8, 4) is 11.1 Å². The van der Waals surface area contributed by atoms with Gasteiger partial charge in [-0.25, -0.2) is 0 Å². The van der Waals surface area contributed by atoms with E-state index in [1.165, 1.54) is 5.56 Å². The summed E-state index contributed by atoms with van der Waals surface area (Å²) in [5, 5.41) is 8.64. The van der Waals surface area contributed by atoms with Crippen molar-refractivity contribution in [2.45, 2.75) is 6.54 Å². The molecule has 0 unspecified atom stereocenters. The molecule has 0 fully saturated rings. The molecule has 3 aromatic rings. The highest BCUT2D eigenvalue weighted by Crippen LogP contribution is 2.29. The van der Waals surface area contributed by atoms with E-state index in [1.807, 2.05) is 43.4 Å². The van der Waals surface area contributed by atoms with Gasteiger partial charge in [0.25, 0.3) is 0 Å². The number of pyridine rings is 1. The Balaban J connectivity index is 1.96. The lowest BCUT2D eigenvalue weighted by Crippen LogP contribution is -2.19. The second-order valence-electron chi connectivity index (χ2n) is 4.98. The van der Waals surface area contributed by atoms with Gasteiger partial charge in [-0.15, -0.1) is 10.2 Å². The fraction of sp³-hybridized carbons (Fsp3) is 0.118. The van der Waals surface area contributed by atoms with Gasteiger partial charge in [0.1, 0.15) is 0 Å². The third-order valence-electron chi connectivity index (χ3n) is 3.36. The summed E-state index contributed by atoms with van der Waals surface area (Å²) in [5.41, 5.74) is 3.17. The molecule has 0 aliphatic rings. The zero-order valence-corrected chi connectivity index (χ0v) is 12.9. The summed E-state index contributed by atoms with van der Waals surface area (Å²) in [7, 11) is 2.00. The van der Waals surface area contributed by atoms with Crippen LogP contribution in [-0.4, -0.2) is 22.2 Å². The lowest BCUT2D eigenvalue weighted by molar-refractivity contribution is 0.868. The van der Waals surface area contributed by atoms with Gasteiger partial charge >= 0.3 is 0 Å². The van der Waals surface area contributed by atoms with E-state index in [9.17, 15) is 0 Å². The Labute approximate surface area is 134 Å². The monoisotopic (exact) mass is 310 g/mol. The summed E-state index contributed by atoms with van der Waals surface area (Å²) in [4.78, 5) is 6.12. The molecule has 5 heteroatoms. The largest absolute Gasteiger partial charge is 0.353 e. The van der Waals surface area contributed by atoms with Gasteiger partial charge in [0, 0.05) is 31.5 Å². The van der Waals surface area contributed by atoms with Crippen LogP contribution in [0.1, 0.15) is 5.56 Å². The molecule has 0 saturated carbocycles. The van der Waals surface area contributed by atoms with Crippen molar-refractivity contribution >= 4 is 17.4 Å². The van der Waals surface area contributed by atoms with Crippen LogP contribution >= 0.6 is 11.6 Å². The molecular weight excluding hydrogens is 296 g/mol. The fourth-order valence-corrected chi connectivity index (χ4v) is 2.47. The van der Waals surface area contributed by atoms with Crippen molar-refractivity contribution in [3.63, 3.8) is 0 Å². The standard InChI is InChI=1S/C17H15ClN4/c1-22(12-13-5-3-2-4-6-13)17-15(11-16(18)20-21-17)14-7-9-19-10-8-14/h2-11H,12H2,1H3.